The van der Waals surface area contributed by atoms with E-state index in [1.165, 1.54) is 22.3 Å². The van der Waals surface area contributed by atoms with Gasteiger partial charge in [-0.25, -0.2) is 13.1 Å². The summed E-state index contributed by atoms with van der Waals surface area (Å²) in [6, 6.07) is 14.8. The number of nitrogens with one attached hydrogen (secondary N) is 1. The molecule has 0 bridgehead atoms. The summed E-state index contributed by atoms with van der Waals surface area (Å²) in [6.07, 6.45) is 5.16. The van der Waals surface area contributed by atoms with Crippen LogP contribution in [0, 0.1) is 0 Å². The fourth-order valence-corrected chi connectivity index (χ4v) is 5.52. The van der Waals surface area contributed by atoms with Crippen LogP contribution in [-0.4, -0.2) is 26.8 Å². The Morgan fingerprint density at radius 2 is 1.97 bits per heavy atom. The molecule has 0 fully saturated rings. The topological polar surface area (TPSA) is 72.2 Å². The molecule has 2 aromatic carbocycles. The van der Waals surface area contributed by atoms with Gasteiger partial charge in [0.25, 0.3) is 0 Å². The Morgan fingerprint density at radius 1 is 1.17 bits per heavy atom. The Hall–Kier alpha value is -1.11. The van der Waals surface area contributed by atoms with Gasteiger partial charge in [0, 0.05) is 23.5 Å². The number of hydrogen-bond acceptors (Lipinski definition) is 3. The standard InChI is InChI=1S/C23H31ClN2O2S.ClH/c1-2-13-29(27,28)26-12-4-6-17-8-9-19-10-11-23(25)22(21(19)15-17)16-18-5-3-7-20(24)14-18;/h3,5,7-9,14-15,22-23,26H,2,4,6,10-13,16,25H2,1H3;1H. The predicted molar refractivity (Wildman–Crippen MR) is 128 cm³/mol. The molecule has 0 aromatic heterocycles. The summed E-state index contributed by atoms with van der Waals surface area (Å²) in [5.41, 5.74) is 11.7. The molecule has 1 aliphatic carbocycles. The molecule has 0 spiro atoms. The van der Waals surface area contributed by atoms with Crippen LogP contribution in [-0.2, 0) is 29.3 Å². The molecule has 166 valence electrons. The Kier molecular flexibility index (Phi) is 9.64. The van der Waals surface area contributed by atoms with Crippen LogP contribution in [0.25, 0.3) is 0 Å². The summed E-state index contributed by atoms with van der Waals surface area (Å²) in [6.45, 7) is 2.35. The largest absolute Gasteiger partial charge is 0.327 e. The van der Waals surface area contributed by atoms with Crippen molar-refractivity contribution in [2.24, 2.45) is 5.73 Å². The van der Waals surface area contributed by atoms with Crippen LogP contribution in [0.5, 0.6) is 0 Å². The van der Waals surface area contributed by atoms with Crippen molar-refractivity contribution >= 4 is 34.0 Å². The predicted octanol–water partition coefficient (Wildman–Crippen LogP) is 4.62. The molecular weight excluding hydrogens is 439 g/mol. The molecule has 4 nitrogen and oxygen atoms in total. The van der Waals surface area contributed by atoms with E-state index in [9.17, 15) is 8.42 Å². The second kappa shape index (κ2) is 11.5. The molecule has 0 aliphatic heterocycles. The highest BCUT2D eigenvalue weighted by Crippen LogP contribution is 2.34. The van der Waals surface area contributed by atoms with Gasteiger partial charge in [0.1, 0.15) is 0 Å². The molecule has 3 rings (SSSR count). The lowest BCUT2D eigenvalue weighted by atomic mass is 9.76. The number of sulfonamides is 1. The van der Waals surface area contributed by atoms with Crippen molar-refractivity contribution in [3.8, 4) is 0 Å². The third-order valence-electron chi connectivity index (χ3n) is 5.66. The lowest BCUT2D eigenvalue weighted by Gasteiger charge is -2.32. The van der Waals surface area contributed by atoms with Crippen LogP contribution in [0.2, 0.25) is 5.02 Å². The molecule has 7 heteroatoms. The first-order chi connectivity index (χ1) is 13.9. The lowest BCUT2D eigenvalue weighted by molar-refractivity contribution is 0.467. The smallest absolute Gasteiger partial charge is 0.211 e. The molecule has 0 heterocycles. The number of benzene rings is 2. The maximum atomic E-state index is 11.8. The van der Waals surface area contributed by atoms with Gasteiger partial charge in [-0.3, -0.25) is 0 Å². The third kappa shape index (κ3) is 6.96. The van der Waals surface area contributed by atoms with E-state index in [4.69, 9.17) is 17.3 Å². The van der Waals surface area contributed by atoms with Crippen molar-refractivity contribution in [1.82, 2.24) is 4.72 Å². The van der Waals surface area contributed by atoms with Crippen molar-refractivity contribution in [1.29, 1.82) is 0 Å². The van der Waals surface area contributed by atoms with Crippen LogP contribution in [0.15, 0.2) is 42.5 Å². The van der Waals surface area contributed by atoms with Crippen molar-refractivity contribution in [2.75, 3.05) is 12.3 Å². The Balaban J connectivity index is 0.00000320. The minimum atomic E-state index is -3.13. The van der Waals surface area contributed by atoms with E-state index >= 15 is 0 Å². The van der Waals surface area contributed by atoms with Gasteiger partial charge in [0.15, 0.2) is 0 Å². The summed E-state index contributed by atoms with van der Waals surface area (Å²) in [4.78, 5) is 0. The first-order valence-electron chi connectivity index (χ1n) is 10.5. The van der Waals surface area contributed by atoms with Crippen molar-refractivity contribution in [3.63, 3.8) is 0 Å². The van der Waals surface area contributed by atoms with Crippen LogP contribution >= 0.6 is 24.0 Å². The van der Waals surface area contributed by atoms with E-state index in [0.717, 1.165) is 37.1 Å². The van der Waals surface area contributed by atoms with Gasteiger partial charge in [0.2, 0.25) is 10.0 Å². The fourth-order valence-electron chi connectivity index (χ4n) is 4.17. The van der Waals surface area contributed by atoms with Crippen molar-refractivity contribution in [2.45, 2.75) is 57.4 Å². The summed E-state index contributed by atoms with van der Waals surface area (Å²) in [5.74, 6) is 0.467. The number of hydrogen-bond donors (Lipinski definition) is 2. The van der Waals surface area contributed by atoms with Gasteiger partial charge in [-0.05, 0) is 72.9 Å². The summed E-state index contributed by atoms with van der Waals surface area (Å²) >= 11 is 6.17. The molecule has 30 heavy (non-hydrogen) atoms. The number of rotatable bonds is 9. The second-order valence-electron chi connectivity index (χ2n) is 7.99. The third-order valence-corrected chi connectivity index (χ3v) is 7.48. The van der Waals surface area contributed by atoms with Gasteiger partial charge in [-0.15, -0.1) is 12.4 Å². The minimum Gasteiger partial charge on any atom is -0.327 e. The van der Waals surface area contributed by atoms with E-state index in [-0.39, 0.29) is 30.1 Å². The van der Waals surface area contributed by atoms with E-state index in [0.29, 0.717) is 13.0 Å². The van der Waals surface area contributed by atoms with E-state index in [1.54, 1.807) is 0 Å². The summed E-state index contributed by atoms with van der Waals surface area (Å²) in [5, 5.41) is 0.756. The summed E-state index contributed by atoms with van der Waals surface area (Å²) < 4.78 is 26.2. The SMILES string of the molecule is CCCS(=O)(=O)NCCCc1ccc2c(c1)C(Cc1cccc(Cl)c1)C(N)CC2.Cl. The second-order valence-corrected chi connectivity index (χ2v) is 10.4. The van der Waals surface area contributed by atoms with Crippen LogP contribution < -0.4 is 10.5 Å². The van der Waals surface area contributed by atoms with Gasteiger partial charge in [-0.2, -0.15) is 0 Å². The van der Waals surface area contributed by atoms with Crippen molar-refractivity contribution in [3.05, 3.63) is 69.7 Å². The molecule has 0 amide bonds. The first-order valence-corrected chi connectivity index (χ1v) is 12.5. The molecule has 0 saturated heterocycles. The minimum absolute atomic E-state index is 0. The quantitative estimate of drug-likeness (QED) is 0.524. The van der Waals surface area contributed by atoms with Crippen LogP contribution in [0.3, 0.4) is 0 Å². The molecule has 1 aliphatic rings. The van der Waals surface area contributed by atoms with Gasteiger partial charge in [-0.1, -0.05) is 48.9 Å². The number of aryl methyl sites for hydroxylation is 2. The molecular formula is C23H32Cl2N2O2S. The average Bonchev–Trinajstić information content (AvgIpc) is 2.67. The highest BCUT2D eigenvalue weighted by atomic mass is 35.5. The zero-order chi connectivity index (χ0) is 20.9. The lowest BCUT2D eigenvalue weighted by Crippen LogP contribution is -2.34. The van der Waals surface area contributed by atoms with E-state index in [2.05, 4.69) is 29.0 Å². The Bertz CT molecular complexity index is 935. The maximum Gasteiger partial charge on any atom is 0.211 e. The van der Waals surface area contributed by atoms with Crippen LogP contribution in [0.1, 0.15) is 54.4 Å². The highest BCUT2D eigenvalue weighted by Gasteiger charge is 2.27. The molecule has 0 saturated carbocycles. The first kappa shape index (κ1) is 25.2. The van der Waals surface area contributed by atoms with Gasteiger partial charge >= 0.3 is 0 Å². The Morgan fingerprint density at radius 3 is 2.70 bits per heavy atom. The molecule has 2 atom stereocenters. The fraction of sp³-hybridized carbons (Fsp3) is 0.478. The normalized spacial score (nSPS) is 18.5. The number of halogens is 2. The van der Waals surface area contributed by atoms with Crippen molar-refractivity contribution < 1.29 is 8.42 Å². The maximum absolute atomic E-state index is 11.8. The highest BCUT2D eigenvalue weighted by molar-refractivity contribution is 7.89. The molecule has 2 unspecified atom stereocenters. The zero-order valence-electron chi connectivity index (χ0n) is 17.4. The Labute approximate surface area is 192 Å². The van der Waals surface area contributed by atoms with Gasteiger partial charge < -0.3 is 5.73 Å². The van der Waals surface area contributed by atoms with E-state index in [1.807, 2.05) is 25.1 Å². The zero-order valence-corrected chi connectivity index (χ0v) is 19.8. The average molecular weight is 471 g/mol. The van der Waals surface area contributed by atoms with Gasteiger partial charge in [0.05, 0.1) is 5.75 Å². The molecule has 0 radical (unpaired) electrons. The van der Waals surface area contributed by atoms with E-state index < -0.39 is 10.0 Å². The summed E-state index contributed by atoms with van der Waals surface area (Å²) in [7, 11) is -3.13. The monoisotopic (exact) mass is 470 g/mol. The number of fused-ring (bicyclic) bond motifs is 1. The molecule has 3 N–H and O–H groups in total. The number of nitrogens with two attached hydrogens (primary N) is 1. The molecule has 2 aromatic rings. The van der Waals surface area contributed by atoms with Crippen LogP contribution in [0.4, 0.5) is 0 Å².